The van der Waals surface area contributed by atoms with Gasteiger partial charge in [0, 0.05) is 19.1 Å². The summed E-state index contributed by atoms with van der Waals surface area (Å²) in [6.45, 7) is 5.41. The van der Waals surface area contributed by atoms with Crippen molar-refractivity contribution in [3.63, 3.8) is 0 Å². The van der Waals surface area contributed by atoms with Gasteiger partial charge >= 0.3 is 5.97 Å². The molecule has 140 valence electrons. The second-order valence-corrected chi connectivity index (χ2v) is 6.85. The number of carboxylic acids is 1. The Kier molecular flexibility index (Phi) is 7.18. The van der Waals surface area contributed by atoms with E-state index in [1.807, 2.05) is 32.0 Å². The Morgan fingerprint density at radius 1 is 1.15 bits per heavy atom. The third-order valence-corrected chi connectivity index (χ3v) is 4.10. The first-order chi connectivity index (χ1) is 12.4. The Morgan fingerprint density at radius 3 is 2.42 bits per heavy atom. The Hall–Kier alpha value is -2.37. The highest BCUT2D eigenvalue weighted by Gasteiger charge is 2.14. The van der Waals surface area contributed by atoms with Gasteiger partial charge in [0.25, 0.3) is 0 Å². The molecule has 2 aromatic carbocycles. The Labute approximate surface area is 155 Å². The van der Waals surface area contributed by atoms with Crippen molar-refractivity contribution in [3.05, 3.63) is 65.2 Å². The first-order valence-corrected chi connectivity index (χ1v) is 8.83. The van der Waals surface area contributed by atoms with Crippen molar-refractivity contribution in [1.29, 1.82) is 0 Å². The number of likely N-dealkylation sites (N-methyl/N-ethyl adjacent to an activating group) is 1. The first-order valence-electron chi connectivity index (χ1n) is 8.83. The normalized spacial score (nSPS) is 12.4. The van der Waals surface area contributed by atoms with Gasteiger partial charge in [0.15, 0.2) is 0 Å². The van der Waals surface area contributed by atoms with Crippen LogP contribution in [0.2, 0.25) is 0 Å². The van der Waals surface area contributed by atoms with Gasteiger partial charge in [-0.1, -0.05) is 24.3 Å². The van der Waals surface area contributed by atoms with E-state index in [-0.39, 0.29) is 12.1 Å². The molecular formula is C21H28N2O3. The van der Waals surface area contributed by atoms with Gasteiger partial charge in [-0.15, -0.1) is 0 Å². The summed E-state index contributed by atoms with van der Waals surface area (Å²) in [6, 6.07) is 15.4. The number of hydrogen-bond acceptors (Lipinski definition) is 4. The zero-order valence-corrected chi connectivity index (χ0v) is 15.9. The van der Waals surface area contributed by atoms with Crippen LogP contribution in [0.5, 0.6) is 5.75 Å². The van der Waals surface area contributed by atoms with E-state index in [1.54, 1.807) is 18.2 Å². The second-order valence-electron chi connectivity index (χ2n) is 6.85. The summed E-state index contributed by atoms with van der Waals surface area (Å²) in [6.07, 6.45) is 0.161. The van der Waals surface area contributed by atoms with Crippen LogP contribution in [0.1, 0.15) is 41.4 Å². The molecule has 0 aliphatic rings. The number of carboxylic acid groups (broad SMARTS) is 1. The number of carbonyl (C=O) groups is 1. The Morgan fingerprint density at radius 2 is 1.85 bits per heavy atom. The van der Waals surface area contributed by atoms with Gasteiger partial charge in [-0.05, 0) is 63.3 Å². The lowest BCUT2D eigenvalue weighted by Crippen LogP contribution is -2.30. The molecule has 0 spiro atoms. The number of ether oxygens (including phenoxy) is 1. The molecule has 0 aliphatic carbocycles. The quantitative estimate of drug-likeness (QED) is 0.719. The molecule has 0 bridgehead atoms. The zero-order chi connectivity index (χ0) is 19.1. The molecule has 0 fully saturated rings. The minimum Gasteiger partial charge on any atom is -0.491 e. The molecule has 0 saturated carbocycles. The minimum absolute atomic E-state index is 0.161. The van der Waals surface area contributed by atoms with E-state index in [4.69, 9.17) is 9.84 Å². The first kappa shape index (κ1) is 19.9. The smallest absolute Gasteiger partial charge is 0.335 e. The predicted octanol–water partition coefficient (Wildman–Crippen LogP) is 3.56. The van der Waals surface area contributed by atoms with E-state index in [9.17, 15) is 4.79 Å². The molecule has 1 unspecified atom stereocenters. The molecule has 5 heteroatoms. The zero-order valence-electron chi connectivity index (χ0n) is 15.9. The number of nitrogens with one attached hydrogen (secondary N) is 1. The van der Waals surface area contributed by atoms with Gasteiger partial charge in [0.2, 0.25) is 0 Å². The summed E-state index contributed by atoms with van der Waals surface area (Å²) in [5.74, 6) is -0.0265. The molecule has 2 aromatic rings. The van der Waals surface area contributed by atoms with Gasteiger partial charge in [-0.3, -0.25) is 0 Å². The summed E-state index contributed by atoms with van der Waals surface area (Å²) >= 11 is 0. The molecule has 0 heterocycles. The monoisotopic (exact) mass is 356 g/mol. The van der Waals surface area contributed by atoms with Gasteiger partial charge in [0.05, 0.1) is 11.7 Å². The van der Waals surface area contributed by atoms with Crippen molar-refractivity contribution in [2.24, 2.45) is 0 Å². The summed E-state index contributed by atoms with van der Waals surface area (Å²) in [5, 5.41) is 12.5. The van der Waals surface area contributed by atoms with Crippen LogP contribution in [0.3, 0.4) is 0 Å². The third-order valence-electron chi connectivity index (χ3n) is 4.10. The van der Waals surface area contributed by atoms with Crippen LogP contribution in [-0.2, 0) is 6.54 Å². The molecule has 0 saturated heterocycles. The standard InChI is InChI=1S/C21H28N2O3/c1-15(2)26-19-10-8-17(9-11-19)20(23(3)4)14-22-13-16-6-5-7-18(12-16)21(24)25/h5-12,15,20,22H,13-14H2,1-4H3,(H,24,25). The predicted molar refractivity (Wildman–Crippen MR) is 104 cm³/mol. The van der Waals surface area contributed by atoms with E-state index in [0.717, 1.165) is 17.9 Å². The molecule has 0 radical (unpaired) electrons. The lowest BCUT2D eigenvalue weighted by molar-refractivity contribution is 0.0696. The maximum absolute atomic E-state index is 11.1. The fraction of sp³-hybridized carbons (Fsp3) is 0.381. The maximum atomic E-state index is 11.1. The van der Waals surface area contributed by atoms with Crippen molar-refractivity contribution in [1.82, 2.24) is 10.2 Å². The highest BCUT2D eigenvalue weighted by Crippen LogP contribution is 2.21. The molecule has 1 atom stereocenters. The molecule has 2 N–H and O–H groups in total. The average Bonchev–Trinajstić information content (AvgIpc) is 2.59. The number of benzene rings is 2. The molecule has 0 aliphatic heterocycles. The SMILES string of the molecule is CC(C)Oc1ccc(C(CNCc2cccc(C(=O)O)c2)N(C)C)cc1. The van der Waals surface area contributed by atoms with E-state index in [1.165, 1.54) is 5.56 Å². The molecule has 0 aromatic heterocycles. The van der Waals surface area contributed by atoms with Crippen LogP contribution in [0.4, 0.5) is 0 Å². The van der Waals surface area contributed by atoms with Crippen molar-refractivity contribution in [2.45, 2.75) is 32.5 Å². The van der Waals surface area contributed by atoms with Crippen LogP contribution < -0.4 is 10.1 Å². The van der Waals surface area contributed by atoms with Crippen molar-refractivity contribution in [3.8, 4) is 5.75 Å². The molecular weight excluding hydrogens is 328 g/mol. The lowest BCUT2D eigenvalue weighted by atomic mass is 10.1. The number of rotatable bonds is 9. The summed E-state index contributed by atoms with van der Waals surface area (Å²) < 4.78 is 5.70. The van der Waals surface area contributed by atoms with E-state index < -0.39 is 5.97 Å². The maximum Gasteiger partial charge on any atom is 0.335 e. The van der Waals surface area contributed by atoms with Crippen LogP contribution in [-0.4, -0.2) is 42.7 Å². The van der Waals surface area contributed by atoms with Gasteiger partial charge in [-0.2, -0.15) is 0 Å². The number of nitrogens with zero attached hydrogens (tertiary/aromatic N) is 1. The highest BCUT2D eigenvalue weighted by molar-refractivity contribution is 5.87. The minimum atomic E-state index is -0.901. The van der Waals surface area contributed by atoms with E-state index >= 15 is 0 Å². The van der Waals surface area contributed by atoms with Crippen LogP contribution in [0.15, 0.2) is 48.5 Å². The largest absolute Gasteiger partial charge is 0.491 e. The Bertz CT molecular complexity index is 711. The van der Waals surface area contributed by atoms with Crippen LogP contribution in [0.25, 0.3) is 0 Å². The second kappa shape index (κ2) is 9.36. The third kappa shape index (κ3) is 5.86. The number of hydrogen-bond donors (Lipinski definition) is 2. The van der Waals surface area contributed by atoms with Crippen LogP contribution in [0, 0.1) is 0 Å². The van der Waals surface area contributed by atoms with Gasteiger partial charge in [0.1, 0.15) is 5.75 Å². The lowest BCUT2D eigenvalue weighted by Gasteiger charge is -2.25. The molecule has 26 heavy (non-hydrogen) atoms. The highest BCUT2D eigenvalue weighted by atomic mass is 16.5. The topological polar surface area (TPSA) is 61.8 Å². The van der Waals surface area contributed by atoms with Gasteiger partial charge < -0.3 is 20.1 Å². The van der Waals surface area contributed by atoms with Crippen LogP contribution >= 0.6 is 0 Å². The average molecular weight is 356 g/mol. The summed E-state index contributed by atoms with van der Waals surface area (Å²) in [4.78, 5) is 13.2. The summed E-state index contributed by atoms with van der Waals surface area (Å²) in [5.41, 5.74) is 2.48. The molecule has 2 rings (SSSR count). The van der Waals surface area contributed by atoms with Gasteiger partial charge in [-0.25, -0.2) is 4.79 Å². The van der Waals surface area contributed by atoms with E-state index in [0.29, 0.717) is 12.1 Å². The fourth-order valence-electron chi connectivity index (χ4n) is 2.81. The van der Waals surface area contributed by atoms with Crippen molar-refractivity contribution >= 4 is 5.97 Å². The van der Waals surface area contributed by atoms with E-state index in [2.05, 4.69) is 36.4 Å². The summed E-state index contributed by atoms with van der Waals surface area (Å²) in [7, 11) is 4.10. The number of aromatic carboxylic acids is 1. The fourth-order valence-corrected chi connectivity index (χ4v) is 2.81. The van der Waals surface area contributed by atoms with Crippen molar-refractivity contribution < 1.29 is 14.6 Å². The Balaban J connectivity index is 1.98. The molecule has 5 nitrogen and oxygen atoms in total. The molecule has 0 amide bonds. The van der Waals surface area contributed by atoms with Crippen molar-refractivity contribution in [2.75, 3.05) is 20.6 Å².